The van der Waals surface area contributed by atoms with Gasteiger partial charge in [0.25, 0.3) is 0 Å². The summed E-state index contributed by atoms with van der Waals surface area (Å²) in [4.78, 5) is 18.4. The van der Waals surface area contributed by atoms with Gasteiger partial charge in [-0.15, -0.1) is 5.10 Å². The molecule has 2 aromatic heterocycles. The smallest absolute Gasteiger partial charge is 0.337 e. The molecule has 8 nitrogen and oxygen atoms in total. The molecule has 8 heteroatoms. The third-order valence-corrected chi connectivity index (χ3v) is 4.87. The zero-order valence-electron chi connectivity index (χ0n) is 15.0. The van der Waals surface area contributed by atoms with Crippen molar-refractivity contribution in [3.05, 3.63) is 42.1 Å². The summed E-state index contributed by atoms with van der Waals surface area (Å²) in [5.41, 5.74) is 8.10. The van der Waals surface area contributed by atoms with Crippen molar-refractivity contribution in [2.45, 2.75) is 18.9 Å². The highest BCUT2D eigenvalue weighted by Crippen LogP contribution is 2.28. The normalized spacial score (nSPS) is 17.4. The topological polar surface area (TPSA) is 106 Å². The second kappa shape index (κ2) is 6.88. The lowest BCUT2D eigenvalue weighted by atomic mass is 10.1. The van der Waals surface area contributed by atoms with E-state index in [1.165, 1.54) is 6.20 Å². The number of nitrogens with two attached hydrogens (primary N) is 1. The fourth-order valence-corrected chi connectivity index (χ4v) is 3.41. The number of anilines is 2. The summed E-state index contributed by atoms with van der Waals surface area (Å²) in [6, 6.07) is 8.92. The highest BCUT2D eigenvalue weighted by Gasteiger charge is 2.24. The van der Waals surface area contributed by atoms with Gasteiger partial charge in [-0.3, -0.25) is 0 Å². The van der Waals surface area contributed by atoms with Gasteiger partial charge in [-0.2, -0.15) is 0 Å². The Morgan fingerprint density at radius 3 is 2.81 bits per heavy atom. The number of nitrogen functional groups attached to an aromatic ring is 1. The van der Waals surface area contributed by atoms with Crippen molar-refractivity contribution >= 4 is 23.0 Å². The lowest BCUT2D eigenvalue weighted by Crippen LogP contribution is -2.40. The number of aromatic nitrogens is 3. The molecule has 27 heavy (non-hydrogen) atoms. The lowest BCUT2D eigenvalue weighted by Gasteiger charge is -2.33. The summed E-state index contributed by atoms with van der Waals surface area (Å²) in [6.45, 7) is 1.54. The zero-order chi connectivity index (χ0) is 19.0. The monoisotopic (exact) mass is 367 g/mol. The van der Waals surface area contributed by atoms with Crippen LogP contribution < -0.4 is 10.6 Å². The molecule has 4 rings (SSSR count). The quantitative estimate of drug-likeness (QED) is 0.682. The number of methoxy groups -OCH3 is 1. The maximum atomic E-state index is 11.4. The molecule has 1 unspecified atom stereocenters. The van der Waals surface area contributed by atoms with Crippen LogP contribution in [0.3, 0.4) is 0 Å². The van der Waals surface area contributed by atoms with Gasteiger partial charge < -0.3 is 20.5 Å². The van der Waals surface area contributed by atoms with Crippen LogP contribution in [0.4, 0.5) is 11.5 Å². The van der Waals surface area contributed by atoms with Crippen LogP contribution in [0.25, 0.3) is 16.9 Å². The van der Waals surface area contributed by atoms with E-state index in [1.807, 2.05) is 12.1 Å². The minimum atomic E-state index is -0.992. The Hall–Kier alpha value is -3.13. The Balaban J connectivity index is 1.86. The fraction of sp³-hybridized carbons (Fsp3) is 0.316. The highest BCUT2D eigenvalue weighted by atomic mass is 16.5. The van der Waals surface area contributed by atoms with Gasteiger partial charge in [-0.05, 0) is 43.2 Å². The Labute approximate surface area is 156 Å². The Morgan fingerprint density at radius 1 is 1.33 bits per heavy atom. The molecule has 0 saturated carbocycles. The first kappa shape index (κ1) is 17.3. The molecule has 0 spiro atoms. The number of piperidine rings is 1. The molecule has 0 aliphatic carbocycles. The van der Waals surface area contributed by atoms with Gasteiger partial charge in [0, 0.05) is 37.6 Å². The van der Waals surface area contributed by atoms with E-state index in [2.05, 4.69) is 10.00 Å². The number of carbonyl (C=O) groups is 1. The Morgan fingerprint density at radius 2 is 2.11 bits per heavy atom. The number of fused-ring (bicyclic) bond motifs is 1. The summed E-state index contributed by atoms with van der Waals surface area (Å²) in [5, 5.41) is 13.9. The number of aromatic carboxylic acids is 1. The molecule has 1 saturated heterocycles. The van der Waals surface area contributed by atoms with Crippen molar-refractivity contribution in [3.8, 4) is 11.4 Å². The van der Waals surface area contributed by atoms with Gasteiger partial charge in [0.1, 0.15) is 5.52 Å². The molecule has 0 amide bonds. The number of hydrogen-bond acceptors (Lipinski definition) is 6. The van der Waals surface area contributed by atoms with Crippen LogP contribution in [0, 0.1) is 0 Å². The van der Waals surface area contributed by atoms with Gasteiger partial charge in [0.2, 0.25) is 0 Å². The first-order valence-electron chi connectivity index (χ1n) is 8.82. The molecular weight excluding hydrogens is 346 g/mol. The van der Waals surface area contributed by atoms with Crippen molar-refractivity contribution < 1.29 is 14.6 Å². The number of rotatable bonds is 4. The van der Waals surface area contributed by atoms with E-state index >= 15 is 0 Å². The van der Waals surface area contributed by atoms with Crippen LogP contribution >= 0.6 is 0 Å². The van der Waals surface area contributed by atoms with E-state index in [0.29, 0.717) is 29.4 Å². The number of ether oxygens (including phenoxy) is 1. The lowest BCUT2D eigenvalue weighted by molar-refractivity contribution is 0.0697. The van der Waals surface area contributed by atoms with Crippen molar-refractivity contribution in [2.75, 3.05) is 30.8 Å². The van der Waals surface area contributed by atoms with Crippen molar-refractivity contribution in [3.63, 3.8) is 0 Å². The summed E-state index contributed by atoms with van der Waals surface area (Å²) in [7, 11) is 1.71. The second-order valence-corrected chi connectivity index (χ2v) is 6.69. The van der Waals surface area contributed by atoms with Gasteiger partial charge in [-0.1, -0.05) is 0 Å². The van der Waals surface area contributed by atoms with E-state index in [9.17, 15) is 9.90 Å². The second-order valence-electron chi connectivity index (χ2n) is 6.69. The molecule has 3 heterocycles. The molecule has 1 fully saturated rings. The maximum absolute atomic E-state index is 11.4. The Kier molecular flexibility index (Phi) is 4.41. The molecule has 1 aromatic carbocycles. The predicted molar refractivity (Wildman–Crippen MR) is 102 cm³/mol. The van der Waals surface area contributed by atoms with Crippen LogP contribution in [0.15, 0.2) is 36.5 Å². The summed E-state index contributed by atoms with van der Waals surface area (Å²) >= 11 is 0. The maximum Gasteiger partial charge on any atom is 0.337 e. The van der Waals surface area contributed by atoms with Gasteiger partial charge in [0.05, 0.1) is 11.7 Å². The number of benzene rings is 1. The Bertz CT molecular complexity index is 983. The van der Waals surface area contributed by atoms with Crippen LogP contribution in [0.2, 0.25) is 0 Å². The molecule has 3 aromatic rings. The van der Waals surface area contributed by atoms with Gasteiger partial charge >= 0.3 is 5.97 Å². The average Bonchev–Trinajstić information content (AvgIpc) is 3.12. The van der Waals surface area contributed by atoms with E-state index in [-0.39, 0.29) is 11.7 Å². The molecule has 140 valence electrons. The van der Waals surface area contributed by atoms with Crippen LogP contribution in [0.1, 0.15) is 23.2 Å². The first-order chi connectivity index (χ1) is 13.0. The van der Waals surface area contributed by atoms with Crippen LogP contribution in [0.5, 0.6) is 0 Å². The summed E-state index contributed by atoms with van der Waals surface area (Å²) in [6.07, 6.45) is 3.63. The molecule has 1 atom stereocenters. The number of carboxylic acids is 1. The summed E-state index contributed by atoms with van der Waals surface area (Å²) < 4.78 is 7.12. The minimum Gasteiger partial charge on any atom is -0.478 e. The minimum absolute atomic E-state index is 0.127. The van der Waals surface area contributed by atoms with E-state index in [0.717, 1.165) is 24.9 Å². The third kappa shape index (κ3) is 3.31. The molecular formula is C19H21N5O3. The van der Waals surface area contributed by atoms with E-state index < -0.39 is 5.97 Å². The molecule has 1 aliphatic rings. The number of hydrogen-bond donors (Lipinski definition) is 2. The van der Waals surface area contributed by atoms with E-state index in [4.69, 9.17) is 15.5 Å². The average molecular weight is 367 g/mol. The van der Waals surface area contributed by atoms with Crippen molar-refractivity contribution in [2.24, 2.45) is 0 Å². The number of carboxylic acid groups (broad SMARTS) is 1. The highest BCUT2D eigenvalue weighted by molar-refractivity contribution is 5.91. The zero-order valence-corrected chi connectivity index (χ0v) is 15.0. The largest absolute Gasteiger partial charge is 0.478 e. The van der Waals surface area contributed by atoms with Crippen molar-refractivity contribution in [1.82, 2.24) is 14.6 Å². The SMILES string of the molecule is COC1CCCN(c2nc(-c3ccc(N)cc3)nn3cc(C(=O)O)cc23)C1. The van der Waals surface area contributed by atoms with Gasteiger partial charge in [-0.25, -0.2) is 14.3 Å². The summed E-state index contributed by atoms with van der Waals surface area (Å²) in [5.74, 6) is 0.240. The fourth-order valence-electron chi connectivity index (χ4n) is 3.41. The number of nitrogens with zero attached hydrogens (tertiary/aromatic N) is 4. The molecule has 0 radical (unpaired) electrons. The molecule has 3 N–H and O–H groups in total. The molecule has 1 aliphatic heterocycles. The van der Waals surface area contributed by atoms with Crippen LogP contribution in [-0.4, -0.2) is 52.0 Å². The standard InChI is InChI=1S/C19H21N5O3/c1-27-15-3-2-8-23(11-15)18-16-9-13(19(25)26)10-24(16)22-17(21-18)12-4-6-14(20)7-5-12/h4-7,9-10,15H,2-3,8,11,20H2,1H3,(H,25,26). The first-order valence-corrected chi connectivity index (χ1v) is 8.82. The predicted octanol–water partition coefficient (Wildman–Crippen LogP) is 2.29. The van der Waals surface area contributed by atoms with Crippen LogP contribution in [-0.2, 0) is 4.74 Å². The van der Waals surface area contributed by atoms with Crippen molar-refractivity contribution in [1.29, 1.82) is 0 Å². The molecule has 0 bridgehead atoms. The van der Waals surface area contributed by atoms with E-state index in [1.54, 1.807) is 29.8 Å². The third-order valence-electron chi connectivity index (χ3n) is 4.87. The van der Waals surface area contributed by atoms with Gasteiger partial charge in [0.15, 0.2) is 11.6 Å².